The third kappa shape index (κ3) is 4.47. The molecule has 1 aliphatic heterocycles. The predicted molar refractivity (Wildman–Crippen MR) is 125 cm³/mol. The first-order valence-corrected chi connectivity index (χ1v) is 10.8. The summed E-state index contributed by atoms with van der Waals surface area (Å²) in [6.07, 6.45) is 4.21. The molecule has 1 N–H and O–H groups in total. The van der Waals surface area contributed by atoms with Crippen LogP contribution in [0.3, 0.4) is 0 Å². The van der Waals surface area contributed by atoms with Gasteiger partial charge in [0.05, 0.1) is 5.02 Å². The zero-order valence-electron chi connectivity index (χ0n) is 17.3. The summed E-state index contributed by atoms with van der Waals surface area (Å²) in [4.78, 5) is 31.4. The van der Waals surface area contributed by atoms with Crippen LogP contribution >= 0.6 is 11.6 Å². The number of aromatic nitrogens is 1. The summed E-state index contributed by atoms with van der Waals surface area (Å²) in [5.74, 6) is 0.611. The lowest BCUT2D eigenvalue weighted by atomic mass is 9.95. The summed E-state index contributed by atoms with van der Waals surface area (Å²) in [5.41, 5.74) is 3.59. The Morgan fingerprint density at radius 1 is 1.23 bits per heavy atom. The summed E-state index contributed by atoms with van der Waals surface area (Å²) < 4.78 is 0. The van der Waals surface area contributed by atoms with Gasteiger partial charge in [-0.3, -0.25) is 9.59 Å². The second-order valence-corrected chi connectivity index (χ2v) is 8.05. The second kappa shape index (κ2) is 9.31. The fourth-order valence-electron chi connectivity index (χ4n) is 4.07. The normalized spacial score (nSPS) is 15.7. The van der Waals surface area contributed by atoms with Crippen LogP contribution in [-0.4, -0.2) is 36.2 Å². The van der Waals surface area contributed by atoms with Crippen LogP contribution in [0.5, 0.6) is 0 Å². The van der Waals surface area contributed by atoms with Crippen molar-refractivity contribution < 1.29 is 9.59 Å². The molecule has 0 saturated carbocycles. The largest absolute Gasteiger partial charge is 0.369 e. The number of nitrogens with one attached hydrogen (secondary N) is 1. The number of carbonyl (C=O) groups is 2. The molecule has 2 aromatic carbocycles. The Labute approximate surface area is 187 Å². The van der Waals surface area contributed by atoms with Crippen molar-refractivity contribution in [2.45, 2.75) is 25.8 Å². The number of ketones is 1. The minimum atomic E-state index is -0.0575. The molecular weight excluding hydrogens is 410 g/mol. The smallest absolute Gasteiger partial charge is 0.193 e. The van der Waals surface area contributed by atoms with Gasteiger partial charge in [-0.25, -0.2) is 4.98 Å². The summed E-state index contributed by atoms with van der Waals surface area (Å²) in [6, 6.07) is 16.8. The molecule has 5 nitrogen and oxygen atoms in total. The molecule has 1 fully saturated rings. The molecule has 4 rings (SSSR count). The third-order valence-electron chi connectivity index (χ3n) is 5.69. The highest BCUT2D eigenvalue weighted by atomic mass is 35.5. The SMILES string of the molecule is CCc1ccccc1C(=O)c1ccc(N2CCC(Nc3ncccc3Cl)C2)c(C=O)c1. The molecule has 2 heterocycles. The van der Waals surface area contributed by atoms with Crippen LogP contribution in [0.1, 0.15) is 45.2 Å². The van der Waals surface area contributed by atoms with Gasteiger partial charge in [-0.2, -0.15) is 0 Å². The number of hydrogen-bond acceptors (Lipinski definition) is 5. The Morgan fingerprint density at radius 3 is 2.84 bits per heavy atom. The van der Waals surface area contributed by atoms with Crippen molar-refractivity contribution in [3.8, 4) is 0 Å². The highest BCUT2D eigenvalue weighted by Crippen LogP contribution is 2.28. The molecule has 1 atom stereocenters. The average Bonchev–Trinajstić information content (AvgIpc) is 3.28. The van der Waals surface area contributed by atoms with Gasteiger partial charge < -0.3 is 10.2 Å². The zero-order chi connectivity index (χ0) is 21.8. The second-order valence-electron chi connectivity index (χ2n) is 7.64. The van der Waals surface area contributed by atoms with Gasteiger partial charge in [0.25, 0.3) is 0 Å². The molecule has 1 aliphatic rings. The standard InChI is InChI=1S/C25H24ClN3O2/c1-2-17-6-3-4-7-21(17)24(31)18-9-10-23(19(14-18)16-30)29-13-11-20(15-29)28-25-22(26)8-5-12-27-25/h3-10,12,14,16,20H,2,11,13,15H2,1H3,(H,27,28). The van der Waals surface area contributed by atoms with E-state index in [4.69, 9.17) is 11.6 Å². The molecule has 1 saturated heterocycles. The fraction of sp³-hybridized carbons (Fsp3) is 0.240. The van der Waals surface area contributed by atoms with Crippen molar-refractivity contribution in [3.05, 3.63) is 88.1 Å². The molecule has 0 amide bonds. The van der Waals surface area contributed by atoms with E-state index in [9.17, 15) is 9.59 Å². The topological polar surface area (TPSA) is 62.3 Å². The maximum absolute atomic E-state index is 13.1. The van der Waals surface area contributed by atoms with Crippen molar-refractivity contribution >= 4 is 35.2 Å². The number of aldehydes is 1. The molecule has 0 bridgehead atoms. The van der Waals surface area contributed by atoms with E-state index in [0.717, 1.165) is 43.5 Å². The van der Waals surface area contributed by atoms with Gasteiger partial charge in [0.15, 0.2) is 12.1 Å². The highest BCUT2D eigenvalue weighted by molar-refractivity contribution is 6.32. The number of benzene rings is 2. The van der Waals surface area contributed by atoms with Gasteiger partial charge in [-0.15, -0.1) is 0 Å². The molecule has 158 valence electrons. The van der Waals surface area contributed by atoms with E-state index in [-0.39, 0.29) is 11.8 Å². The van der Waals surface area contributed by atoms with Gasteiger partial charge in [-0.1, -0.05) is 42.8 Å². The molecule has 3 aromatic rings. The first kappa shape index (κ1) is 21.1. The van der Waals surface area contributed by atoms with E-state index in [2.05, 4.69) is 15.2 Å². The Bertz CT molecular complexity index is 1120. The van der Waals surface area contributed by atoms with Crippen LogP contribution in [0.2, 0.25) is 5.02 Å². The van der Waals surface area contributed by atoms with Crippen LogP contribution in [0.15, 0.2) is 60.8 Å². The van der Waals surface area contributed by atoms with E-state index in [1.54, 1.807) is 24.4 Å². The molecule has 0 aliphatic carbocycles. The van der Waals surface area contributed by atoms with Crippen LogP contribution in [-0.2, 0) is 6.42 Å². The van der Waals surface area contributed by atoms with Gasteiger partial charge in [0.1, 0.15) is 5.82 Å². The van der Waals surface area contributed by atoms with E-state index in [0.29, 0.717) is 27.5 Å². The maximum Gasteiger partial charge on any atom is 0.193 e. The lowest BCUT2D eigenvalue weighted by molar-refractivity contribution is 0.103. The van der Waals surface area contributed by atoms with E-state index < -0.39 is 0 Å². The van der Waals surface area contributed by atoms with Gasteiger partial charge in [0, 0.05) is 47.7 Å². The molecule has 0 spiro atoms. The number of halogens is 1. The molecule has 6 heteroatoms. The first-order chi connectivity index (χ1) is 15.1. The molecule has 1 unspecified atom stereocenters. The van der Waals surface area contributed by atoms with Crippen molar-refractivity contribution in [1.82, 2.24) is 4.98 Å². The number of anilines is 2. The first-order valence-electron chi connectivity index (χ1n) is 10.4. The van der Waals surface area contributed by atoms with Crippen molar-refractivity contribution in [2.75, 3.05) is 23.3 Å². The van der Waals surface area contributed by atoms with E-state index in [1.165, 1.54) is 0 Å². The number of carbonyl (C=O) groups excluding carboxylic acids is 2. The predicted octanol–water partition coefficient (Wildman–Crippen LogP) is 5.03. The van der Waals surface area contributed by atoms with E-state index in [1.807, 2.05) is 43.3 Å². The van der Waals surface area contributed by atoms with Crippen LogP contribution in [0.4, 0.5) is 11.5 Å². The number of hydrogen-bond donors (Lipinski definition) is 1. The lowest BCUT2D eigenvalue weighted by Gasteiger charge is -2.21. The fourth-order valence-corrected chi connectivity index (χ4v) is 4.24. The van der Waals surface area contributed by atoms with Gasteiger partial charge in [0.2, 0.25) is 0 Å². The van der Waals surface area contributed by atoms with Gasteiger partial charge >= 0.3 is 0 Å². The molecule has 31 heavy (non-hydrogen) atoms. The Hall–Kier alpha value is -3.18. The number of pyridine rings is 1. The maximum atomic E-state index is 13.1. The van der Waals surface area contributed by atoms with Crippen molar-refractivity contribution in [2.24, 2.45) is 0 Å². The van der Waals surface area contributed by atoms with Crippen LogP contribution in [0.25, 0.3) is 0 Å². The Balaban J connectivity index is 1.53. The summed E-state index contributed by atoms with van der Waals surface area (Å²) >= 11 is 6.21. The average molecular weight is 434 g/mol. The van der Waals surface area contributed by atoms with Gasteiger partial charge in [-0.05, 0) is 48.7 Å². The molecule has 1 aromatic heterocycles. The van der Waals surface area contributed by atoms with Crippen molar-refractivity contribution in [1.29, 1.82) is 0 Å². The Morgan fingerprint density at radius 2 is 2.06 bits per heavy atom. The number of nitrogens with zero attached hydrogens (tertiary/aromatic N) is 2. The van der Waals surface area contributed by atoms with Crippen LogP contribution < -0.4 is 10.2 Å². The zero-order valence-corrected chi connectivity index (χ0v) is 18.1. The minimum absolute atomic E-state index is 0.0575. The van der Waals surface area contributed by atoms with Crippen molar-refractivity contribution in [3.63, 3.8) is 0 Å². The highest BCUT2D eigenvalue weighted by Gasteiger charge is 2.25. The molecular formula is C25H24ClN3O2. The third-order valence-corrected chi connectivity index (χ3v) is 5.99. The lowest BCUT2D eigenvalue weighted by Crippen LogP contribution is -2.27. The monoisotopic (exact) mass is 433 g/mol. The van der Waals surface area contributed by atoms with E-state index >= 15 is 0 Å². The minimum Gasteiger partial charge on any atom is -0.369 e. The summed E-state index contributed by atoms with van der Waals surface area (Å²) in [6.45, 7) is 3.55. The molecule has 0 radical (unpaired) electrons. The number of aryl methyl sites for hydroxylation is 1. The summed E-state index contributed by atoms with van der Waals surface area (Å²) in [5, 5.41) is 3.97. The quantitative estimate of drug-likeness (QED) is 0.418. The number of rotatable bonds is 7. The van der Waals surface area contributed by atoms with Crippen LogP contribution in [0, 0.1) is 0 Å². The summed E-state index contributed by atoms with van der Waals surface area (Å²) in [7, 11) is 0. The Kier molecular flexibility index (Phi) is 6.33.